The first-order valence-corrected chi connectivity index (χ1v) is 13.5. The van der Waals surface area contributed by atoms with E-state index in [0.29, 0.717) is 36.0 Å². The van der Waals surface area contributed by atoms with Gasteiger partial charge in [0.1, 0.15) is 18.9 Å². The molecule has 0 bridgehead atoms. The molecular weight excluding hydrogens is 655 g/mol. The highest BCUT2D eigenvalue weighted by Gasteiger charge is 2.36. The Bertz CT molecular complexity index is 1380. The summed E-state index contributed by atoms with van der Waals surface area (Å²) in [5, 5.41) is 3.18. The van der Waals surface area contributed by atoms with Crippen LogP contribution >= 0.6 is 66.8 Å². The van der Waals surface area contributed by atoms with E-state index < -0.39 is 23.6 Å². The van der Waals surface area contributed by atoms with Crippen molar-refractivity contribution < 1.29 is 19.1 Å². The smallest absolute Gasteiger partial charge is 0.294 e. The molecule has 1 fully saturated rings. The van der Waals surface area contributed by atoms with Crippen LogP contribution in [0.25, 0.3) is 6.08 Å². The number of amides is 3. The first-order valence-electron chi connectivity index (χ1n) is 10.4. The highest BCUT2D eigenvalue weighted by Crippen LogP contribution is 2.38. The molecule has 3 amide bonds. The predicted molar refractivity (Wildman–Crippen MR) is 150 cm³/mol. The van der Waals surface area contributed by atoms with Crippen LogP contribution in [0, 0.1) is 0 Å². The third-order valence-corrected chi connectivity index (χ3v) is 7.62. The van der Waals surface area contributed by atoms with E-state index in [4.69, 9.17) is 27.9 Å². The molecule has 1 aliphatic heterocycles. The van der Waals surface area contributed by atoms with Gasteiger partial charge in [0.05, 0.1) is 13.9 Å². The van der Waals surface area contributed by atoms with Crippen LogP contribution in [0.4, 0.5) is 10.5 Å². The first kappa shape index (κ1) is 26.8. The van der Waals surface area contributed by atoms with Crippen molar-refractivity contribution in [1.82, 2.24) is 4.90 Å². The van der Waals surface area contributed by atoms with Crippen LogP contribution in [0.5, 0.6) is 5.75 Å². The van der Waals surface area contributed by atoms with Crippen molar-refractivity contribution in [3.63, 3.8) is 0 Å². The molecule has 1 N–H and O–H groups in total. The second kappa shape index (κ2) is 11.8. The van der Waals surface area contributed by atoms with E-state index in [1.807, 2.05) is 18.2 Å². The molecule has 1 aliphatic rings. The first-order chi connectivity index (χ1) is 17.2. The monoisotopic (exact) mass is 668 g/mol. The molecule has 3 aromatic carbocycles. The number of carbonyl (C=O) groups excluding carboxylic acids is 3. The molecule has 36 heavy (non-hydrogen) atoms. The maximum atomic E-state index is 12.8. The SMILES string of the molecule is O=C(CN1C(=O)S/C(=C/c2cc(Br)c(OCc3ccccc3Cl)c(Br)c2)C1=O)Nc1cccc(Cl)c1. The number of halogens is 4. The lowest BCUT2D eigenvalue weighted by Crippen LogP contribution is -2.36. The minimum absolute atomic E-state index is 0.207. The molecule has 0 aromatic heterocycles. The lowest BCUT2D eigenvalue weighted by molar-refractivity contribution is -0.127. The molecule has 1 heterocycles. The molecule has 6 nitrogen and oxygen atoms in total. The summed E-state index contributed by atoms with van der Waals surface area (Å²) in [5.41, 5.74) is 1.98. The van der Waals surface area contributed by atoms with Crippen molar-refractivity contribution in [3.8, 4) is 5.75 Å². The number of nitrogens with one attached hydrogen (secondary N) is 1. The fraction of sp³-hybridized carbons (Fsp3) is 0.0800. The number of hydrogen-bond acceptors (Lipinski definition) is 5. The fourth-order valence-electron chi connectivity index (χ4n) is 3.26. The normalized spacial score (nSPS) is 14.4. The minimum Gasteiger partial charge on any atom is -0.486 e. The molecule has 3 aromatic rings. The van der Waals surface area contributed by atoms with Gasteiger partial charge in [0, 0.05) is 21.3 Å². The van der Waals surface area contributed by atoms with Gasteiger partial charge >= 0.3 is 0 Å². The number of nitrogens with zero attached hydrogens (tertiary/aromatic N) is 1. The van der Waals surface area contributed by atoms with Gasteiger partial charge in [-0.05, 0) is 91.7 Å². The van der Waals surface area contributed by atoms with E-state index in [2.05, 4.69) is 37.2 Å². The Kier molecular flexibility index (Phi) is 8.79. The Morgan fingerprint density at radius 1 is 1.03 bits per heavy atom. The zero-order valence-corrected chi connectivity index (χ0v) is 23.8. The summed E-state index contributed by atoms with van der Waals surface area (Å²) in [4.78, 5) is 38.8. The molecule has 0 aliphatic carbocycles. The quantitative estimate of drug-likeness (QED) is 0.260. The molecule has 1 saturated heterocycles. The van der Waals surface area contributed by atoms with Crippen LogP contribution in [-0.4, -0.2) is 28.5 Å². The van der Waals surface area contributed by atoms with E-state index >= 15 is 0 Å². The van der Waals surface area contributed by atoms with Gasteiger partial charge in [-0.3, -0.25) is 19.3 Å². The lowest BCUT2D eigenvalue weighted by Gasteiger charge is -2.13. The summed E-state index contributed by atoms with van der Waals surface area (Å²) in [6, 6.07) is 17.5. The van der Waals surface area contributed by atoms with E-state index in [1.165, 1.54) is 0 Å². The number of rotatable bonds is 7. The van der Waals surface area contributed by atoms with E-state index in [-0.39, 0.29) is 11.5 Å². The van der Waals surface area contributed by atoms with Gasteiger partial charge in [-0.15, -0.1) is 0 Å². The molecule has 0 saturated carbocycles. The highest BCUT2D eigenvalue weighted by molar-refractivity contribution is 9.11. The summed E-state index contributed by atoms with van der Waals surface area (Å²) in [6.45, 7) is -0.136. The summed E-state index contributed by atoms with van der Waals surface area (Å²) in [6.07, 6.45) is 1.59. The standard InChI is InChI=1S/C25H16Br2Cl2N2O4S/c26-18-8-14(9-19(27)23(18)35-13-15-4-1-2-7-20(15)29)10-21-24(33)31(25(34)36-21)12-22(32)30-17-6-3-5-16(28)11-17/h1-11H,12-13H2,(H,30,32)/b21-10+. The topological polar surface area (TPSA) is 75.7 Å². The van der Waals surface area contributed by atoms with Crippen molar-refractivity contribution in [2.75, 3.05) is 11.9 Å². The van der Waals surface area contributed by atoms with Crippen molar-refractivity contribution in [2.45, 2.75) is 6.61 Å². The molecule has 0 radical (unpaired) electrons. The summed E-state index contributed by atoms with van der Waals surface area (Å²) in [7, 11) is 0. The van der Waals surface area contributed by atoms with Crippen LogP contribution in [0.3, 0.4) is 0 Å². The Morgan fingerprint density at radius 2 is 1.75 bits per heavy atom. The number of benzene rings is 3. The number of ether oxygens (including phenoxy) is 1. The molecular formula is C25H16Br2Cl2N2O4S. The zero-order chi connectivity index (χ0) is 25.8. The molecule has 184 valence electrons. The maximum Gasteiger partial charge on any atom is 0.294 e. The number of carbonyl (C=O) groups is 3. The lowest BCUT2D eigenvalue weighted by atomic mass is 10.2. The van der Waals surface area contributed by atoms with Crippen molar-refractivity contribution >= 4 is 95.6 Å². The Balaban J connectivity index is 1.44. The third-order valence-electron chi connectivity index (χ3n) is 4.93. The van der Waals surface area contributed by atoms with Crippen LogP contribution in [0.2, 0.25) is 10.0 Å². The van der Waals surface area contributed by atoms with E-state index in [9.17, 15) is 14.4 Å². The van der Waals surface area contributed by atoms with Crippen molar-refractivity contribution in [1.29, 1.82) is 0 Å². The van der Waals surface area contributed by atoms with Crippen LogP contribution in [0.1, 0.15) is 11.1 Å². The average Bonchev–Trinajstić information content (AvgIpc) is 3.07. The molecule has 0 atom stereocenters. The van der Waals surface area contributed by atoms with Gasteiger partial charge in [-0.1, -0.05) is 47.5 Å². The Labute approximate surface area is 238 Å². The van der Waals surface area contributed by atoms with Gasteiger partial charge in [0.15, 0.2) is 0 Å². The highest BCUT2D eigenvalue weighted by atomic mass is 79.9. The largest absolute Gasteiger partial charge is 0.486 e. The van der Waals surface area contributed by atoms with Gasteiger partial charge in [-0.25, -0.2) is 0 Å². The van der Waals surface area contributed by atoms with E-state index in [1.54, 1.807) is 48.5 Å². The van der Waals surface area contributed by atoms with Crippen LogP contribution in [-0.2, 0) is 16.2 Å². The summed E-state index contributed by atoms with van der Waals surface area (Å²) < 4.78 is 7.23. The second-order valence-corrected chi connectivity index (χ2v) is 11.1. The van der Waals surface area contributed by atoms with Crippen molar-refractivity contribution in [3.05, 3.63) is 95.7 Å². The zero-order valence-electron chi connectivity index (χ0n) is 18.3. The number of thioether (sulfide) groups is 1. The molecule has 11 heteroatoms. The Morgan fingerprint density at radius 3 is 2.44 bits per heavy atom. The number of anilines is 1. The molecule has 4 rings (SSSR count). The summed E-state index contributed by atoms with van der Waals surface area (Å²) in [5.74, 6) is -0.485. The van der Waals surface area contributed by atoms with Gasteiger partial charge in [0.25, 0.3) is 11.1 Å². The second-order valence-electron chi connectivity index (χ2n) is 7.52. The van der Waals surface area contributed by atoms with E-state index in [0.717, 1.165) is 22.2 Å². The number of imide groups is 1. The average molecular weight is 671 g/mol. The number of hydrogen-bond donors (Lipinski definition) is 1. The van der Waals surface area contributed by atoms with Crippen LogP contribution < -0.4 is 10.1 Å². The molecule has 0 unspecified atom stereocenters. The predicted octanol–water partition coefficient (Wildman–Crippen LogP) is 7.77. The van der Waals surface area contributed by atoms with Gasteiger partial charge < -0.3 is 10.1 Å². The van der Waals surface area contributed by atoms with Crippen molar-refractivity contribution in [2.24, 2.45) is 0 Å². The fourth-order valence-corrected chi connectivity index (χ4v) is 5.93. The minimum atomic E-state index is -0.544. The van der Waals surface area contributed by atoms with Gasteiger partial charge in [-0.2, -0.15) is 0 Å². The maximum absolute atomic E-state index is 12.8. The summed E-state index contributed by atoms with van der Waals surface area (Å²) >= 11 is 19.9. The van der Waals surface area contributed by atoms with Gasteiger partial charge in [0.2, 0.25) is 5.91 Å². The molecule has 0 spiro atoms. The third kappa shape index (κ3) is 6.52. The Hall–Kier alpha value is -2.30. The van der Waals surface area contributed by atoms with Crippen LogP contribution in [0.15, 0.2) is 74.5 Å².